The van der Waals surface area contributed by atoms with Gasteiger partial charge in [0.25, 0.3) is 0 Å². The van der Waals surface area contributed by atoms with Crippen molar-refractivity contribution in [1.82, 2.24) is 9.13 Å². The van der Waals surface area contributed by atoms with E-state index in [2.05, 4.69) is 214 Å². The van der Waals surface area contributed by atoms with Crippen LogP contribution in [0.25, 0.3) is 88.0 Å². The summed E-state index contributed by atoms with van der Waals surface area (Å²) in [5.74, 6) is 0. The lowest BCUT2D eigenvalue weighted by Gasteiger charge is -2.34. The quantitative estimate of drug-likeness (QED) is 0.178. The minimum Gasteiger partial charge on any atom is -0.309 e. The lowest BCUT2D eigenvalue weighted by molar-refractivity contribution is 1.14. The van der Waals surface area contributed by atoms with Crippen molar-refractivity contribution < 1.29 is 0 Å². The number of fused-ring (bicyclic) bond motifs is 9. The molecule has 0 saturated carbocycles. The number of benzene rings is 9. The molecule has 9 aromatic carbocycles. The molecule has 0 radical (unpaired) electrons. The molecule has 3 heterocycles. The van der Waals surface area contributed by atoms with Crippen molar-refractivity contribution in [3.63, 3.8) is 0 Å². The van der Waals surface area contributed by atoms with Crippen LogP contribution in [0.5, 0.6) is 0 Å². The Morgan fingerprint density at radius 2 is 0.782 bits per heavy atom. The van der Waals surface area contributed by atoms with Gasteiger partial charge in [-0.25, -0.2) is 0 Å². The van der Waals surface area contributed by atoms with Crippen molar-refractivity contribution in [2.24, 2.45) is 0 Å². The summed E-state index contributed by atoms with van der Waals surface area (Å²) in [5, 5.41) is 7.57. The number of aromatic nitrogens is 2. The molecule has 3 heteroatoms. The normalized spacial score (nSPS) is 12.3. The van der Waals surface area contributed by atoms with E-state index in [1.165, 1.54) is 88.0 Å². The highest BCUT2D eigenvalue weighted by atomic mass is 15.2. The minimum atomic E-state index is 1.13. The zero-order chi connectivity index (χ0) is 36.0. The first kappa shape index (κ1) is 30.1. The zero-order valence-electron chi connectivity index (χ0n) is 29.9. The average molecular weight is 700 g/mol. The standard InChI is InChI=1S/C52H33N3/c1-3-14-34(15-4-1)38-30-31-42-43-32-33-49-51(52(43)55(35-16-5-2-6-17-35)48-25-13-21-41(38)50(42)48)44-20-9-12-24-47(44)54(49)37-28-26-36(27-29-37)53-45-22-10-7-18-39(45)40-19-8-11-23-46(40)53/h1-33H. The lowest BCUT2D eigenvalue weighted by atomic mass is 9.86. The Morgan fingerprint density at radius 3 is 1.45 bits per heavy atom. The third-order valence-electron chi connectivity index (χ3n) is 11.6. The molecule has 12 rings (SSSR count). The van der Waals surface area contributed by atoms with E-state index < -0.39 is 0 Å². The fraction of sp³-hybridized carbons (Fsp3) is 0. The van der Waals surface area contributed by atoms with E-state index in [-0.39, 0.29) is 0 Å². The molecule has 1 aliphatic heterocycles. The second-order valence-corrected chi connectivity index (χ2v) is 14.5. The molecule has 0 spiro atoms. The first-order valence-electron chi connectivity index (χ1n) is 19.0. The van der Waals surface area contributed by atoms with E-state index in [0.717, 1.165) is 17.1 Å². The molecule has 1 aliphatic rings. The summed E-state index contributed by atoms with van der Waals surface area (Å²) >= 11 is 0. The minimum absolute atomic E-state index is 1.13. The van der Waals surface area contributed by atoms with Crippen molar-refractivity contribution in [2.75, 3.05) is 4.90 Å². The Bertz CT molecular complexity index is 3240. The van der Waals surface area contributed by atoms with Gasteiger partial charge in [-0.05, 0) is 88.8 Å². The fourth-order valence-corrected chi connectivity index (χ4v) is 9.35. The van der Waals surface area contributed by atoms with Crippen LogP contribution in [0.1, 0.15) is 0 Å². The topological polar surface area (TPSA) is 13.1 Å². The molecular weight excluding hydrogens is 667 g/mol. The van der Waals surface area contributed by atoms with Crippen LogP contribution in [-0.2, 0) is 0 Å². The van der Waals surface area contributed by atoms with Crippen molar-refractivity contribution in [1.29, 1.82) is 0 Å². The first-order valence-corrected chi connectivity index (χ1v) is 19.0. The molecule has 11 aromatic rings. The molecule has 0 N–H and O–H groups in total. The highest BCUT2D eigenvalue weighted by Crippen LogP contribution is 2.56. The molecule has 0 unspecified atom stereocenters. The van der Waals surface area contributed by atoms with Crippen LogP contribution in [0.4, 0.5) is 17.1 Å². The molecule has 0 bridgehead atoms. The van der Waals surface area contributed by atoms with Crippen LogP contribution in [0, 0.1) is 0 Å². The molecule has 256 valence electrons. The van der Waals surface area contributed by atoms with Crippen LogP contribution in [-0.4, -0.2) is 9.13 Å². The summed E-state index contributed by atoms with van der Waals surface area (Å²) < 4.78 is 4.83. The summed E-state index contributed by atoms with van der Waals surface area (Å²) in [7, 11) is 0. The van der Waals surface area contributed by atoms with E-state index in [1.54, 1.807) is 0 Å². The predicted molar refractivity (Wildman–Crippen MR) is 232 cm³/mol. The second-order valence-electron chi connectivity index (χ2n) is 14.5. The summed E-state index contributed by atoms with van der Waals surface area (Å²) in [4.78, 5) is 2.50. The third kappa shape index (κ3) is 4.26. The molecule has 55 heavy (non-hydrogen) atoms. The lowest BCUT2D eigenvalue weighted by Crippen LogP contribution is -2.15. The second kappa shape index (κ2) is 11.6. The van der Waals surface area contributed by atoms with Crippen LogP contribution in [0.2, 0.25) is 0 Å². The Labute approximate surface area is 318 Å². The van der Waals surface area contributed by atoms with Crippen molar-refractivity contribution >= 4 is 71.4 Å². The van der Waals surface area contributed by atoms with Gasteiger partial charge < -0.3 is 14.0 Å². The van der Waals surface area contributed by atoms with Crippen LogP contribution in [0.3, 0.4) is 0 Å². The molecule has 0 fully saturated rings. The number of nitrogens with zero attached hydrogens (tertiary/aromatic N) is 3. The van der Waals surface area contributed by atoms with Crippen LogP contribution >= 0.6 is 0 Å². The van der Waals surface area contributed by atoms with Gasteiger partial charge in [-0.2, -0.15) is 0 Å². The number of hydrogen-bond acceptors (Lipinski definition) is 1. The Morgan fingerprint density at radius 1 is 0.273 bits per heavy atom. The van der Waals surface area contributed by atoms with Gasteiger partial charge in [0, 0.05) is 49.6 Å². The SMILES string of the molecule is c1ccc(-c2ccc3c4c(cccc24)N(c2ccccc2)c2c-3ccc3c2c2ccccc2n3-c2ccc(-n3c4ccccc4c4ccccc43)cc2)cc1. The fourth-order valence-electron chi connectivity index (χ4n) is 9.35. The zero-order valence-corrected chi connectivity index (χ0v) is 29.9. The molecule has 2 aromatic heterocycles. The maximum absolute atomic E-state index is 2.50. The van der Waals surface area contributed by atoms with Gasteiger partial charge >= 0.3 is 0 Å². The molecule has 0 atom stereocenters. The number of para-hydroxylation sites is 4. The monoisotopic (exact) mass is 699 g/mol. The van der Waals surface area contributed by atoms with Gasteiger partial charge in [-0.3, -0.25) is 0 Å². The Kier molecular flexibility index (Phi) is 6.34. The van der Waals surface area contributed by atoms with Crippen LogP contribution in [0.15, 0.2) is 200 Å². The molecule has 0 saturated heterocycles. The van der Waals surface area contributed by atoms with Gasteiger partial charge in [0.1, 0.15) is 0 Å². The Balaban J connectivity index is 1.11. The smallest absolute Gasteiger partial charge is 0.0640 e. The highest BCUT2D eigenvalue weighted by Gasteiger charge is 2.31. The predicted octanol–water partition coefficient (Wildman–Crippen LogP) is 14.2. The number of anilines is 3. The van der Waals surface area contributed by atoms with Crippen molar-refractivity contribution in [2.45, 2.75) is 0 Å². The van der Waals surface area contributed by atoms with Crippen molar-refractivity contribution in [3.8, 4) is 33.6 Å². The summed E-state index contributed by atoms with van der Waals surface area (Å²) in [6, 6.07) is 73.1. The highest BCUT2D eigenvalue weighted by molar-refractivity contribution is 6.25. The Hall–Kier alpha value is -7.36. The molecular formula is C52H33N3. The van der Waals surface area contributed by atoms with Gasteiger partial charge in [-0.15, -0.1) is 0 Å². The van der Waals surface area contributed by atoms with Gasteiger partial charge in [-0.1, -0.05) is 133 Å². The average Bonchev–Trinajstić information content (AvgIpc) is 3.78. The van der Waals surface area contributed by atoms with Gasteiger partial charge in [0.2, 0.25) is 0 Å². The van der Waals surface area contributed by atoms with E-state index in [9.17, 15) is 0 Å². The molecule has 0 aliphatic carbocycles. The molecule has 3 nitrogen and oxygen atoms in total. The summed E-state index contributed by atoms with van der Waals surface area (Å²) in [5.41, 5.74) is 15.6. The van der Waals surface area contributed by atoms with E-state index >= 15 is 0 Å². The summed E-state index contributed by atoms with van der Waals surface area (Å²) in [6.45, 7) is 0. The molecule has 0 amide bonds. The number of hydrogen-bond donors (Lipinski definition) is 0. The maximum atomic E-state index is 2.50. The van der Waals surface area contributed by atoms with E-state index in [4.69, 9.17) is 0 Å². The van der Waals surface area contributed by atoms with Crippen LogP contribution < -0.4 is 4.90 Å². The number of rotatable bonds is 4. The summed E-state index contributed by atoms with van der Waals surface area (Å²) in [6.07, 6.45) is 0. The largest absolute Gasteiger partial charge is 0.309 e. The van der Waals surface area contributed by atoms with Gasteiger partial charge in [0.05, 0.1) is 33.4 Å². The maximum Gasteiger partial charge on any atom is 0.0640 e. The van der Waals surface area contributed by atoms with E-state index in [0.29, 0.717) is 0 Å². The first-order chi connectivity index (χ1) is 27.3. The van der Waals surface area contributed by atoms with Crippen molar-refractivity contribution in [3.05, 3.63) is 200 Å². The third-order valence-corrected chi connectivity index (χ3v) is 11.6. The van der Waals surface area contributed by atoms with E-state index in [1.807, 2.05) is 0 Å². The van der Waals surface area contributed by atoms with Gasteiger partial charge in [0.15, 0.2) is 0 Å².